The van der Waals surface area contributed by atoms with E-state index in [4.69, 9.17) is 9.47 Å². The van der Waals surface area contributed by atoms with E-state index in [0.717, 1.165) is 25.9 Å². The van der Waals surface area contributed by atoms with E-state index in [1.54, 1.807) is 7.11 Å². The normalized spacial score (nSPS) is 15.8. The molecule has 1 heterocycles. The van der Waals surface area contributed by atoms with Crippen molar-refractivity contribution < 1.29 is 19.2 Å². The number of hydrogen-bond donors (Lipinski definition) is 2. The molecule has 140 valence electrons. The topological polar surface area (TPSA) is 103 Å². The van der Waals surface area contributed by atoms with Crippen molar-refractivity contribution in [2.24, 2.45) is 5.41 Å². The standard InChI is InChI=1S/C16H23N3O5.ClH/c1-23-11-16(5-7-17-8-6-16)10-18-15(20)13-9-12(19(21)22)3-4-14(13)24-2;/h3-4,9,17H,5-8,10-11H2,1-2H3,(H,18,20);1H. The zero-order chi connectivity index (χ0) is 17.6. The number of rotatable bonds is 7. The second kappa shape index (κ2) is 9.55. The van der Waals surface area contributed by atoms with Gasteiger partial charge in [-0.2, -0.15) is 0 Å². The third kappa shape index (κ3) is 5.29. The third-order valence-electron chi connectivity index (χ3n) is 4.38. The molecule has 1 aromatic carbocycles. The zero-order valence-corrected chi connectivity index (χ0v) is 15.2. The molecule has 1 aliphatic heterocycles. The fourth-order valence-electron chi connectivity index (χ4n) is 2.99. The van der Waals surface area contributed by atoms with E-state index in [1.165, 1.54) is 25.3 Å². The Labute approximate surface area is 152 Å². The minimum absolute atomic E-state index is 0. The van der Waals surface area contributed by atoms with Crippen molar-refractivity contribution in [2.45, 2.75) is 12.8 Å². The van der Waals surface area contributed by atoms with E-state index in [-0.39, 0.29) is 35.0 Å². The maximum atomic E-state index is 12.5. The van der Waals surface area contributed by atoms with E-state index in [2.05, 4.69) is 10.6 Å². The van der Waals surface area contributed by atoms with Gasteiger partial charge in [0.05, 0.1) is 24.2 Å². The Bertz CT molecular complexity index is 600. The largest absolute Gasteiger partial charge is 0.496 e. The molecule has 8 nitrogen and oxygen atoms in total. The van der Waals surface area contributed by atoms with Crippen molar-refractivity contribution in [1.82, 2.24) is 10.6 Å². The number of halogens is 1. The van der Waals surface area contributed by atoms with Crippen LogP contribution in [0.2, 0.25) is 0 Å². The second-order valence-corrected chi connectivity index (χ2v) is 6.01. The predicted octanol–water partition coefficient (Wildman–Crippen LogP) is 1.77. The highest BCUT2D eigenvalue weighted by Gasteiger charge is 2.33. The molecule has 2 N–H and O–H groups in total. The molecule has 0 spiro atoms. The van der Waals surface area contributed by atoms with Crippen LogP contribution in [0.4, 0.5) is 5.69 Å². The Hall–Kier alpha value is -1.90. The van der Waals surface area contributed by atoms with Crippen LogP contribution in [0.25, 0.3) is 0 Å². The molecule has 0 radical (unpaired) electrons. The SMILES string of the molecule is COCC1(CNC(=O)c2cc([N+](=O)[O-])ccc2OC)CCNCC1.Cl. The van der Waals surface area contributed by atoms with Crippen molar-refractivity contribution in [2.75, 3.05) is 40.5 Å². The maximum Gasteiger partial charge on any atom is 0.270 e. The Morgan fingerprint density at radius 1 is 1.36 bits per heavy atom. The molecule has 1 aromatic rings. The summed E-state index contributed by atoms with van der Waals surface area (Å²) in [6.45, 7) is 2.76. The fourth-order valence-corrected chi connectivity index (χ4v) is 2.99. The Morgan fingerprint density at radius 2 is 2.04 bits per heavy atom. The molecular formula is C16H24ClN3O5. The first-order valence-corrected chi connectivity index (χ1v) is 7.82. The number of hydrogen-bond acceptors (Lipinski definition) is 6. The molecule has 0 bridgehead atoms. The first-order chi connectivity index (χ1) is 11.5. The number of carbonyl (C=O) groups is 1. The van der Waals surface area contributed by atoms with Crippen molar-refractivity contribution in [3.8, 4) is 5.75 Å². The van der Waals surface area contributed by atoms with E-state index in [1.807, 2.05) is 0 Å². The van der Waals surface area contributed by atoms with E-state index in [9.17, 15) is 14.9 Å². The van der Waals surface area contributed by atoms with Gasteiger partial charge in [0.2, 0.25) is 0 Å². The summed E-state index contributed by atoms with van der Waals surface area (Å²) in [6, 6.07) is 3.98. The summed E-state index contributed by atoms with van der Waals surface area (Å²) in [6.07, 6.45) is 1.79. The lowest BCUT2D eigenvalue weighted by Gasteiger charge is -2.37. The second-order valence-electron chi connectivity index (χ2n) is 6.01. The number of non-ortho nitro benzene ring substituents is 1. The number of ether oxygens (including phenoxy) is 2. The number of piperidine rings is 1. The van der Waals surface area contributed by atoms with Crippen LogP contribution >= 0.6 is 12.4 Å². The molecule has 0 saturated carbocycles. The molecular weight excluding hydrogens is 350 g/mol. The molecule has 0 atom stereocenters. The van der Waals surface area contributed by atoms with Crippen LogP contribution in [-0.4, -0.2) is 51.3 Å². The van der Waals surface area contributed by atoms with Gasteiger partial charge in [-0.15, -0.1) is 12.4 Å². The van der Waals surface area contributed by atoms with Gasteiger partial charge in [-0.05, 0) is 32.0 Å². The number of nitro benzene ring substituents is 1. The van der Waals surface area contributed by atoms with Crippen LogP contribution in [0.3, 0.4) is 0 Å². The van der Waals surface area contributed by atoms with Crippen molar-refractivity contribution in [3.63, 3.8) is 0 Å². The summed E-state index contributed by atoms with van der Waals surface area (Å²) in [5.74, 6) is -0.0752. The van der Waals surface area contributed by atoms with Gasteiger partial charge in [0.1, 0.15) is 5.75 Å². The van der Waals surface area contributed by atoms with E-state index >= 15 is 0 Å². The van der Waals surface area contributed by atoms with Gasteiger partial charge in [0, 0.05) is 31.2 Å². The molecule has 2 rings (SSSR count). The predicted molar refractivity (Wildman–Crippen MR) is 95.6 cm³/mol. The molecule has 1 saturated heterocycles. The minimum atomic E-state index is -0.532. The lowest BCUT2D eigenvalue weighted by atomic mass is 9.79. The van der Waals surface area contributed by atoms with Gasteiger partial charge in [-0.3, -0.25) is 14.9 Å². The Morgan fingerprint density at radius 3 is 2.60 bits per heavy atom. The van der Waals surface area contributed by atoms with Crippen molar-refractivity contribution in [1.29, 1.82) is 0 Å². The van der Waals surface area contributed by atoms with Gasteiger partial charge in [-0.1, -0.05) is 0 Å². The van der Waals surface area contributed by atoms with Crippen LogP contribution in [0, 0.1) is 15.5 Å². The van der Waals surface area contributed by atoms with Gasteiger partial charge < -0.3 is 20.1 Å². The van der Waals surface area contributed by atoms with Crippen molar-refractivity contribution >= 4 is 24.0 Å². The number of nitrogens with one attached hydrogen (secondary N) is 2. The molecule has 0 unspecified atom stereocenters. The first-order valence-electron chi connectivity index (χ1n) is 7.82. The smallest absolute Gasteiger partial charge is 0.270 e. The number of benzene rings is 1. The highest BCUT2D eigenvalue weighted by molar-refractivity contribution is 5.97. The molecule has 1 aliphatic rings. The molecule has 1 fully saturated rings. The summed E-state index contributed by atoms with van der Waals surface area (Å²) in [5.41, 5.74) is -0.105. The first kappa shape index (κ1) is 21.1. The molecule has 25 heavy (non-hydrogen) atoms. The monoisotopic (exact) mass is 373 g/mol. The molecule has 0 aromatic heterocycles. The Balaban J connectivity index is 0.00000312. The quantitative estimate of drug-likeness (QED) is 0.557. The van der Waals surface area contributed by atoms with Gasteiger partial charge in [0.15, 0.2) is 0 Å². The van der Waals surface area contributed by atoms with Gasteiger partial charge >= 0.3 is 0 Å². The lowest BCUT2D eigenvalue weighted by Crippen LogP contribution is -2.47. The number of nitro groups is 1. The highest BCUT2D eigenvalue weighted by atomic mass is 35.5. The van der Waals surface area contributed by atoms with Crippen LogP contribution in [0.1, 0.15) is 23.2 Å². The molecule has 9 heteroatoms. The summed E-state index contributed by atoms with van der Waals surface area (Å²) < 4.78 is 10.5. The number of carbonyl (C=O) groups excluding carboxylic acids is 1. The Kier molecular flexibility index (Phi) is 8.08. The van der Waals surface area contributed by atoms with E-state index in [0.29, 0.717) is 18.9 Å². The average Bonchev–Trinajstić information content (AvgIpc) is 2.60. The van der Waals surface area contributed by atoms with Gasteiger partial charge in [-0.25, -0.2) is 0 Å². The molecule has 0 aliphatic carbocycles. The number of nitrogens with zero attached hydrogens (tertiary/aromatic N) is 1. The lowest BCUT2D eigenvalue weighted by molar-refractivity contribution is -0.384. The highest BCUT2D eigenvalue weighted by Crippen LogP contribution is 2.29. The average molecular weight is 374 g/mol. The van der Waals surface area contributed by atoms with Crippen LogP contribution in [0.5, 0.6) is 5.75 Å². The minimum Gasteiger partial charge on any atom is -0.496 e. The fraction of sp³-hybridized carbons (Fsp3) is 0.562. The van der Waals surface area contributed by atoms with Crippen LogP contribution in [-0.2, 0) is 4.74 Å². The summed E-state index contributed by atoms with van der Waals surface area (Å²) >= 11 is 0. The summed E-state index contributed by atoms with van der Waals surface area (Å²) in [7, 11) is 3.08. The van der Waals surface area contributed by atoms with Crippen LogP contribution < -0.4 is 15.4 Å². The number of amides is 1. The summed E-state index contributed by atoms with van der Waals surface area (Å²) in [5, 5.41) is 17.1. The summed E-state index contributed by atoms with van der Waals surface area (Å²) in [4.78, 5) is 22.9. The van der Waals surface area contributed by atoms with Crippen LogP contribution in [0.15, 0.2) is 18.2 Å². The maximum absolute atomic E-state index is 12.5. The number of methoxy groups -OCH3 is 2. The van der Waals surface area contributed by atoms with E-state index < -0.39 is 4.92 Å². The third-order valence-corrected chi connectivity index (χ3v) is 4.38. The van der Waals surface area contributed by atoms with Crippen molar-refractivity contribution in [3.05, 3.63) is 33.9 Å². The zero-order valence-electron chi connectivity index (χ0n) is 14.4. The molecule has 1 amide bonds. The van der Waals surface area contributed by atoms with Gasteiger partial charge in [0.25, 0.3) is 11.6 Å².